The topological polar surface area (TPSA) is 9.23 Å². The summed E-state index contributed by atoms with van der Waals surface area (Å²) >= 11 is 9.16. The van der Waals surface area contributed by atoms with Crippen LogP contribution in [0.1, 0.15) is 5.56 Å². The zero-order valence-electron chi connectivity index (χ0n) is 11.6. The molecule has 0 spiro atoms. The molecule has 0 atom stereocenters. The maximum atomic E-state index is 5.66. The molecular formula is C17H12OS3. The SMILES string of the molecule is COc1ccc2c(c1)sc(=S)c1c3ccc(C)cc3sc21. The fraction of sp³-hybridized carbons (Fsp3) is 0.118. The lowest BCUT2D eigenvalue weighted by atomic mass is 10.1. The summed E-state index contributed by atoms with van der Waals surface area (Å²) in [5, 5.41) is 3.77. The maximum Gasteiger partial charge on any atom is 0.120 e. The lowest BCUT2D eigenvalue weighted by Gasteiger charge is -2.03. The average molecular weight is 328 g/mol. The zero-order valence-corrected chi connectivity index (χ0v) is 14.0. The Labute approximate surface area is 135 Å². The predicted octanol–water partition coefficient (Wildman–Crippen LogP) is 6.32. The van der Waals surface area contributed by atoms with Gasteiger partial charge >= 0.3 is 0 Å². The van der Waals surface area contributed by atoms with Gasteiger partial charge in [-0.25, -0.2) is 0 Å². The van der Waals surface area contributed by atoms with Crippen molar-refractivity contribution in [1.29, 1.82) is 0 Å². The highest BCUT2D eigenvalue weighted by Gasteiger charge is 2.11. The number of ether oxygens (including phenoxy) is 1. The highest BCUT2D eigenvalue weighted by atomic mass is 32.1. The van der Waals surface area contributed by atoms with Crippen LogP contribution in [-0.4, -0.2) is 7.11 Å². The van der Waals surface area contributed by atoms with Gasteiger partial charge < -0.3 is 4.74 Å². The fourth-order valence-corrected chi connectivity index (χ4v) is 5.64. The smallest absolute Gasteiger partial charge is 0.120 e. The Bertz CT molecular complexity index is 1060. The Hall–Kier alpha value is -1.49. The minimum atomic E-state index is 0.879. The molecule has 4 heteroatoms. The average Bonchev–Trinajstić information content (AvgIpc) is 2.85. The fourth-order valence-electron chi connectivity index (χ4n) is 2.65. The van der Waals surface area contributed by atoms with Crippen LogP contribution >= 0.6 is 34.9 Å². The lowest BCUT2D eigenvalue weighted by Crippen LogP contribution is -1.81. The Balaban J connectivity index is 2.24. The Morgan fingerprint density at radius 1 is 0.952 bits per heavy atom. The van der Waals surface area contributed by atoms with E-state index in [-0.39, 0.29) is 0 Å². The second-order valence-corrected chi connectivity index (χ2v) is 7.83. The van der Waals surface area contributed by atoms with Crippen molar-refractivity contribution in [3.05, 3.63) is 45.8 Å². The molecule has 4 aromatic rings. The van der Waals surface area contributed by atoms with Crippen LogP contribution in [-0.2, 0) is 0 Å². The van der Waals surface area contributed by atoms with E-state index in [0.29, 0.717) is 0 Å². The summed E-state index contributed by atoms with van der Waals surface area (Å²) < 4.78 is 10.1. The van der Waals surface area contributed by atoms with Crippen LogP contribution in [0.3, 0.4) is 0 Å². The molecule has 2 aromatic carbocycles. The van der Waals surface area contributed by atoms with Crippen molar-refractivity contribution in [1.82, 2.24) is 0 Å². The Morgan fingerprint density at radius 2 is 1.71 bits per heavy atom. The van der Waals surface area contributed by atoms with Crippen molar-refractivity contribution in [3.8, 4) is 5.75 Å². The second kappa shape index (κ2) is 4.77. The van der Waals surface area contributed by atoms with Gasteiger partial charge in [0.15, 0.2) is 0 Å². The molecule has 4 rings (SSSR count). The monoisotopic (exact) mass is 328 g/mol. The van der Waals surface area contributed by atoms with Gasteiger partial charge in [-0.05, 0) is 36.8 Å². The number of fused-ring (bicyclic) bond motifs is 5. The summed E-state index contributed by atoms with van der Waals surface area (Å²) in [7, 11) is 1.70. The number of rotatable bonds is 1. The van der Waals surface area contributed by atoms with E-state index in [9.17, 15) is 0 Å². The van der Waals surface area contributed by atoms with E-state index in [1.807, 2.05) is 17.4 Å². The Kier molecular flexibility index (Phi) is 2.99. The van der Waals surface area contributed by atoms with Gasteiger partial charge in [0.1, 0.15) is 5.75 Å². The molecule has 21 heavy (non-hydrogen) atoms. The Morgan fingerprint density at radius 3 is 2.52 bits per heavy atom. The first-order valence-corrected chi connectivity index (χ1v) is 8.65. The number of benzene rings is 2. The van der Waals surface area contributed by atoms with Crippen molar-refractivity contribution < 1.29 is 4.74 Å². The zero-order chi connectivity index (χ0) is 14.6. The van der Waals surface area contributed by atoms with Crippen LogP contribution < -0.4 is 4.74 Å². The standard InChI is InChI=1S/C17H12OS3/c1-9-3-5-11-13(7-9)20-16-12-6-4-10(18-2)8-14(12)21-17(19)15(11)16/h3-8H,1-2H3. The van der Waals surface area contributed by atoms with Crippen molar-refractivity contribution in [2.45, 2.75) is 6.92 Å². The molecule has 104 valence electrons. The van der Waals surface area contributed by atoms with E-state index < -0.39 is 0 Å². The number of methoxy groups -OCH3 is 1. The first-order chi connectivity index (χ1) is 10.2. The van der Waals surface area contributed by atoms with Gasteiger partial charge in [0, 0.05) is 30.3 Å². The van der Waals surface area contributed by atoms with Gasteiger partial charge in [0.05, 0.1) is 10.9 Å². The molecule has 0 fully saturated rings. The third-order valence-corrected chi connectivity index (χ3v) is 6.27. The van der Waals surface area contributed by atoms with Crippen molar-refractivity contribution >= 4 is 65.1 Å². The molecule has 2 heterocycles. The van der Waals surface area contributed by atoms with E-state index in [1.54, 1.807) is 18.4 Å². The van der Waals surface area contributed by atoms with Gasteiger partial charge in [0.25, 0.3) is 0 Å². The normalized spacial score (nSPS) is 11.5. The molecule has 0 saturated carbocycles. The first kappa shape index (κ1) is 13.2. The molecule has 0 bridgehead atoms. The predicted molar refractivity (Wildman–Crippen MR) is 96.8 cm³/mol. The molecule has 0 aliphatic heterocycles. The number of aryl methyl sites for hydroxylation is 1. The molecule has 2 aromatic heterocycles. The number of thiophene rings is 1. The molecule has 0 unspecified atom stereocenters. The van der Waals surface area contributed by atoms with Crippen LogP contribution in [0.2, 0.25) is 0 Å². The largest absolute Gasteiger partial charge is 0.497 e. The summed E-state index contributed by atoms with van der Waals surface area (Å²) in [5.41, 5.74) is 1.29. The molecule has 0 N–H and O–H groups in total. The van der Waals surface area contributed by atoms with Gasteiger partial charge in [-0.1, -0.05) is 24.4 Å². The number of hydrogen-bond acceptors (Lipinski definition) is 4. The van der Waals surface area contributed by atoms with Crippen molar-refractivity contribution in [2.75, 3.05) is 7.11 Å². The van der Waals surface area contributed by atoms with E-state index in [0.717, 1.165) is 9.57 Å². The maximum absolute atomic E-state index is 5.66. The number of hydrogen-bond donors (Lipinski definition) is 0. The molecule has 0 aliphatic carbocycles. The first-order valence-electron chi connectivity index (χ1n) is 6.61. The van der Waals surface area contributed by atoms with E-state index >= 15 is 0 Å². The molecule has 0 aliphatic rings. The summed E-state index contributed by atoms with van der Waals surface area (Å²) in [6, 6.07) is 12.8. The summed E-state index contributed by atoms with van der Waals surface area (Å²) in [4.78, 5) is 0. The molecule has 0 radical (unpaired) electrons. The molecule has 0 amide bonds. The quantitative estimate of drug-likeness (QED) is 0.378. The van der Waals surface area contributed by atoms with Crippen molar-refractivity contribution in [3.63, 3.8) is 0 Å². The van der Waals surface area contributed by atoms with Gasteiger partial charge in [-0.15, -0.1) is 22.7 Å². The summed E-state index contributed by atoms with van der Waals surface area (Å²) in [6.45, 7) is 2.13. The minimum Gasteiger partial charge on any atom is -0.497 e. The van der Waals surface area contributed by atoms with Gasteiger partial charge in [0.2, 0.25) is 0 Å². The van der Waals surface area contributed by atoms with E-state index in [1.165, 1.54) is 35.8 Å². The molecule has 0 saturated heterocycles. The van der Waals surface area contributed by atoms with E-state index in [4.69, 9.17) is 17.0 Å². The summed E-state index contributed by atoms with van der Waals surface area (Å²) in [6.07, 6.45) is 0. The third kappa shape index (κ3) is 1.98. The van der Waals surface area contributed by atoms with E-state index in [2.05, 4.69) is 37.3 Å². The van der Waals surface area contributed by atoms with Crippen LogP contribution in [0.5, 0.6) is 5.75 Å². The van der Waals surface area contributed by atoms with Gasteiger partial charge in [-0.3, -0.25) is 0 Å². The molecule has 1 nitrogen and oxygen atoms in total. The van der Waals surface area contributed by atoms with Crippen LogP contribution in [0.4, 0.5) is 0 Å². The van der Waals surface area contributed by atoms with Crippen LogP contribution in [0.15, 0.2) is 36.4 Å². The van der Waals surface area contributed by atoms with Crippen LogP contribution in [0.25, 0.3) is 30.3 Å². The van der Waals surface area contributed by atoms with Gasteiger partial charge in [-0.2, -0.15) is 0 Å². The minimum absolute atomic E-state index is 0.879. The highest BCUT2D eigenvalue weighted by Crippen LogP contribution is 2.42. The van der Waals surface area contributed by atoms with Crippen LogP contribution in [0, 0.1) is 10.7 Å². The molecular weight excluding hydrogens is 316 g/mol. The lowest BCUT2D eigenvalue weighted by molar-refractivity contribution is 0.415. The summed E-state index contributed by atoms with van der Waals surface area (Å²) in [5.74, 6) is 0.879. The van der Waals surface area contributed by atoms with Crippen molar-refractivity contribution in [2.24, 2.45) is 0 Å². The second-order valence-electron chi connectivity index (χ2n) is 5.06. The third-order valence-electron chi connectivity index (χ3n) is 3.69. The highest BCUT2D eigenvalue weighted by molar-refractivity contribution is 7.74.